The van der Waals surface area contributed by atoms with E-state index in [1.807, 2.05) is 42.5 Å². The largest absolute Gasteiger partial charge is 0.493 e. The average molecular weight is 636 g/mol. The third kappa shape index (κ3) is 12.0. The van der Waals surface area contributed by atoms with Crippen molar-refractivity contribution in [1.82, 2.24) is 9.80 Å². The van der Waals surface area contributed by atoms with Crippen molar-refractivity contribution >= 4 is 29.2 Å². The van der Waals surface area contributed by atoms with E-state index in [0.29, 0.717) is 19.6 Å². The van der Waals surface area contributed by atoms with Gasteiger partial charge in [-0.05, 0) is 105 Å². The van der Waals surface area contributed by atoms with Gasteiger partial charge >= 0.3 is 11.9 Å². The van der Waals surface area contributed by atoms with Crippen LogP contribution in [0.15, 0.2) is 72.8 Å². The van der Waals surface area contributed by atoms with E-state index >= 15 is 0 Å². The molecule has 0 radical (unpaired) electrons. The number of carbonyl (C=O) groups is 2. The van der Waals surface area contributed by atoms with Gasteiger partial charge in [0.15, 0.2) is 0 Å². The molecular formula is C36H46ClN3O5. The molecule has 45 heavy (non-hydrogen) atoms. The van der Waals surface area contributed by atoms with Crippen LogP contribution in [0.5, 0.6) is 5.75 Å². The molecule has 9 heteroatoms. The number of anilines is 1. The quantitative estimate of drug-likeness (QED) is 0.140. The van der Waals surface area contributed by atoms with Crippen molar-refractivity contribution in [3.63, 3.8) is 0 Å². The van der Waals surface area contributed by atoms with Crippen LogP contribution in [0, 0.1) is 0 Å². The van der Waals surface area contributed by atoms with Gasteiger partial charge < -0.3 is 19.8 Å². The summed E-state index contributed by atoms with van der Waals surface area (Å²) in [6, 6.07) is 23.3. The second-order valence-electron chi connectivity index (χ2n) is 11.7. The predicted octanol–water partition coefficient (Wildman–Crippen LogP) is 6.71. The van der Waals surface area contributed by atoms with Crippen molar-refractivity contribution in [2.45, 2.75) is 51.5 Å². The van der Waals surface area contributed by atoms with Gasteiger partial charge in [-0.15, -0.1) is 0 Å². The maximum absolute atomic E-state index is 11.2. The van der Waals surface area contributed by atoms with Crippen LogP contribution in [0.1, 0.15) is 60.0 Å². The Balaban J connectivity index is 1.18. The Morgan fingerprint density at radius 2 is 1.53 bits per heavy atom. The van der Waals surface area contributed by atoms with Crippen LogP contribution in [0.3, 0.4) is 0 Å². The lowest BCUT2D eigenvalue weighted by atomic mass is 10.1. The first-order valence-corrected chi connectivity index (χ1v) is 16.4. The number of aliphatic carboxylic acids is 1. The number of unbranched alkanes of at least 4 members (excludes halogenated alkanes) is 3. The molecule has 0 bridgehead atoms. The van der Waals surface area contributed by atoms with E-state index in [9.17, 15) is 14.7 Å². The summed E-state index contributed by atoms with van der Waals surface area (Å²) < 4.78 is 6.24. The van der Waals surface area contributed by atoms with E-state index in [0.717, 1.165) is 99.8 Å². The normalized spacial score (nSPS) is 13.7. The van der Waals surface area contributed by atoms with Gasteiger partial charge in [0.2, 0.25) is 0 Å². The van der Waals surface area contributed by atoms with Crippen LogP contribution in [-0.2, 0) is 17.8 Å². The summed E-state index contributed by atoms with van der Waals surface area (Å²) in [6.07, 6.45) is 5.70. The zero-order valence-corrected chi connectivity index (χ0v) is 26.8. The summed E-state index contributed by atoms with van der Waals surface area (Å²) in [5, 5.41) is 19.0. The second kappa shape index (κ2) is 18.4. The molecule has 1 fully saturated rings. The molecule has 3 aromatic carbocycles. The molecule has 1 heterocycles. The lowest BCUT2D eigenvalue weighted by Crippen LogP contribution is -2.46. The summed E-state index contributed by atoms with van der Waals surface area (Å²) in [4.78, 5) is 29.5. The summed E-state index contributed by atoms with van der Waals surface area (Å²) >= 11 is 6.03. The van der Waals surface area contributed by atoms with Crippen molar-refractivity contribution in [3.05, 3.63) is 94.5 Å². The van der Waals surface area contributed by atoms with Crippen molar-refractivity contribution in [2.24, 2.45) is 0 Å². The molecule has 0 atom stereocenters. The molecule has 1 aliphatic rings. The fourth-order valence-electron chi connectivity index (χ4n) is 5.70. The number of nitrogens with zero attached hydrogens (tertiary/aromatic N) is 3. The molecule has 0 aromatic heterocycles. The summed E-state index contributed by atoms with van der Waals surface area (Å²) in [5.74, 6) is -0.787. The highest BCUT2D eigenvalue weighted by molar-refractivity contribution is 6.30. The molecule has 4 rings (SSSR count). The Morgan fingerprint density at radius 1 is 0.800 bits per heavy atom. The van der Waals surface area contributed by atoms with Gasteiger partial charge in [-0.3, -0.25) is 14.6 Å². The van der Waals surface area contributed by atoms with Crippen LogP contribution < -0.4 is 9.64 Å². The van der Waals surface area contributed by atoms with Crippen LogP contribution in [0.25, 0.3) is 0 Å². The minimum Gasteiger partial charge on any atom is -0.493 e. The van der Waals surface area contributed by atoms with E-state index in [1.54, 1.807) is 12.1 Å². The number of ether oxygens (including phenoxy) is 1. The fourth-order valence-corrected chi connectivity index (χ4v) is 5.83. The zero-order chi connectivity index (χ0) is 31.9. The molecular weight excluding hydrogens is 590 g/mol. The van der Waals surface area contributed by atoms with Crippen molar-refractivity contribution < 1.29 is 24.5 Å². The van der Waals surface area contributed by atoms with Crippen molar-refractivity contribution in [3.8, 4) is 5.75 Å². The number of rotatable bonds is 19. The topological polar surface area (TPSA) is 93.5 Å². The number of benzene rings is 3. The van der Waals surface area contributed by atoms with Gasteiger partial charge in [0.05, 0.1) is 12.2 Å². The SMILES string of the molecule is O=C(O)CCCCN(CCc1ccccc1OCCCCCN1CCN(c2ccc(Cl)cc2)CC1)Cc1ccc(C(=O)O)cc1. The van der Waals surface area contributed by atoms with Crippen molar-refractivity contribution in [2.75, 3.05) is 57.3 Å². The molecule has 1 aliphatic heterocycles. The van der Waals surface area contributed by atoms with E-state index < -0.39 is 11.9 Å². The Morgan fingerprint density at radius 3 is 2.24 bits per heavy atom. The number of carboxylic acids is 2. The second-order valence-corrected chi connectivity index (χ2v) is 12.1. The van der Waals surface area contributed by atoms with E-state index in [1.165, 1.54) is 5.69 Å². The van der Waals surface area contributed by atoms with Gasteiger partial charge in [-0.1, -0.05) is 41.9 Å². The predicted molar refractivity (Wildman–Crippen MR) is 180 cm³/mol. The number of halogens is 1. The lowest BCUT2D eigenvalue weighted by molar-refractivity contribution is -0.137. The third-order valence-electron chi connectivity index (χ3n) is 8.33. The molecule has 0 spiro atoms. The summed E-state index contributed by atoms with van der Waals surface area (Å²) in [6.45, 7) is 8.28. The standard InChI is InChI=1S/C36H46ClN3O5/c37-32-15-17-33(18-16-32)40-25-23-38(24-26-40)20-5-1-7-27-45-34-9-3-2-8-30(34)19-22-39(21-6-4-10-35(41)42)28-29-11-13-31(14-12-29)36(43)44/h2-3,8-9,11-18H,1,4-7,10,19-28H2,(H,41,42)(H,43,44). The molecule has 0 unspecified atom stereocenters. The summed E-state index contributed by atoms with van der Waals surface area (Å²) in [5.41, 5.74) is 3.71. The molecule has 0 amide bonds. The summed E-state index contributed by atoms with van der Waals surface area (Å²) in [7, 11) is 0. The van der Waals surface area contributed by atoms with Gasteiger partial charge in [-0.25, -0.2) is 4.79 Å². The molecule has 1 saturated heterocycles. The molecule has 3 aromatic rings. The van der Waals surface area contributed by atoms with Crippen LogP contribution in [0.4, 0.5) is 5.69 Å². The number of piperazine rings is 1. The molecule has 0 saturated carbocycles. The Kier molecular flexibility index (Phi) is 14.0. The first-order valence-electron chi connectivity index (χ1n) is 16.1. The molecule has 2 N–H and O–H groups in total. The maximum Gasteiger partial charge on any atom is 0.335 e. The molecule has 8 nitrogen and oxygen atoms in total. The third-order valence-corrected chi connectivity index (χ3v) is 8.58. The van der Waals surface area contributed by atoms with Gasteiger partial charge in [0.25, 0.3) is 0 Å². The number of hydrogen-bond donors (Lipinski definition) is 2. The van der Waals surface area contributed by atoms with Crippen LogP contribution in [0.2, 0.25) is 5.02 Å². The van der Waals surface area contributed by atoms with Gasteiger partial charge in [-0.2, -0.15) is 0 Å². The maximum atomic E-state index is 11.2. The van der Waals surface area contributed by atoms with Gasteiger partial charge in [0, 0.05) is 56.4 Å². The van der Waals surface area contributed by atoms with Crippen molar-refractivity contribution in [1.29, 1.82) is 0 Å². The van der Waals surface area contributed by atoms with E-state index in [4.69, 9.17) is 21.4 Å². The zero-order valence-electron chi connectivity index (χ0n) is 26.1. The lowest BCUT2D eigenvalue weighted by Gasteiger charge is -2.36. The first-order chi connectivity index (χ1) is 21.9. The minimum atomic E-state index is -0.937. The van der Waals surface area contributed by atoms with E-state index in [-0.39, 0.29) is 12.0 Å². The Labute approximate surface area is 272 Å². The first kappa shape index (κ1) is 34.3. The number of aromatic carboxylic acids is 1. The highest BCUT2D eigenvalue weighted by Gasteiger charge is 2.17. The Hall–Kier alpha value is -3.59. The van der Waals surface area contributed by atoms with Gasteiger partial charge in [0.1, 0.15) is 5.75 Å². The fraction of sp³-hybridized carbons (Fsp3) is 0.444. The van der Waals surface area contributed by atoms with E-state index in [2.05, 4.69) is 32.9 Å². The number of para-hydroxylation sites is 1. The smallest absolute Gasteiger partial charge is 0.335 e. The Bertz CT molecular complexity index is 1330. The molecule has 242 valence electrons. The van der Waals surface area contributed by atoms with Crippen LogP contribution in [-0.4, -0.2) is 84.4 Å². The number of hydrogen-bond acceptors (Lipinski definition) is 6. The highest BCUT2D eigenvalue weighted by atomic mass is 35.5. The highest BCUT2D eigenvalue weighted by Crippen LogP contribution is 2.22. The van der Waals surface area contributed by atoms with Crippen LogP contribution >= 0.6 is 11.6 Å². The average Bonchev–Trinajstić information content (AvgIpc) is 3.04. The monoisotopic (exact) mass is 635 g/mol. The number of carboxylic acid groups (broad SMARTS) is 2. The molecule has 0 aliphatic carbocycles. The minimum absolute atomic E-state index is 0.165.